The molecule has 1 N–H and O–H groups in total. The summed E-state index contributed by atoms with van der Waals surface area (Å²) in [4.78, 5) is 4.28. The van der Waals surface area contributed by atoms with E-state index < -0.39 is 0 Å². The number of nitrogens with zero attached hydrogens (tertiary/aromatic N) is 2. The second-order valence-corrected chi connectivity index (χ2v) is 4.70. The molecule has 1 aliphatic heterocycles. The van der Waals surface area contributed by atoms with Gasteiger partial charge in [0.2, 0.25) is 0 Å². The zero-order valence-electron chi connectivity index (χ0n) is 8.99. The first-order chi connectivity index (χ1) is 7.84. The second kappa shape index (κ2) is 4.07. The van der Waals surface area contributed by atoms with Crippen LogP contribution in [0.3, 0.4) is 0 Å². The fourth-order valence-corrected chi connectivity index (χ4v) is 2.55. The Hall–Kier alpha value is -1.06. The minimum atomic E-state index is 0.620. The van der Waals surface area contributed by atoms with E-state index in [1.54, 1.807) is 6.20 Å². The molecule has 1 aliphatic rings. The van der Waals surface area contributed by atoms with Crippen LogP contribution < -0.4 is 5.32 Å². The van der Waals surface area contributed by atoms with Crippen LogP contribution in [0.5, 0.6) is 0 Å². The van der Waals surface area contributed by atoms with E-state index in [4.69, 9.17) is 11.6 Å². The van der Waals surface area contributed by atoms with Crippen LogP contribution in [0.4, 0.5) is 0 Å². The molecule has 2 aromatic heterocycles. The van der Waals surface area contributed by atoms with Crippen LogP contribution in [0, 0.1) is 0 Å². The molecule has 1 atom stereocenters. The number of rotatable bonds is 1. The Morgan fingerprint density at radius 2 is 2.44 bits per heavy atom. The number of imidazole rings is 1. The first-order valence-electron chi connectivity index (χ1n) is 5.68. The first-order valence-corrected chi connectivity index (χ1v) is 6.05. The quantitative estimate of drug-likeness (QED) is 0.823. The van der Waals surface area contributed by atoms with Gasteiger partial charge < -0.3 is 5.32 Å². The van der Waals surface area contributed by atoms with Crippen LogP contribution in [0.2, 0.25) is 5.15 Å². The Morgan fingerprint density at radius 1 is 1.50 bits per heavy atom. The highest BCUT2D eigenvalue weighted by Gasteiger charge is 2.15. The fourth-order valence-electron chi connectivity index (χ4n) is 2.36. The standard InChI is InChI=1S/C12H14ClN3/c13-11-8-15-12-6-9(3-5-16(11)12)10-2-1-4-14-7-10/h3,5-6,8,10,14H,1-2,4,7H2. The summed E-state index contributed by atoms with van der Waals surface area (Å²) in [6.07, 6.45) is 6.22. The van der Waals surface area contributed by atoms with Gasteiger partial charge in [-0.15, -0.1) is 0 Å². The van der Waals surface area contributed by atoms with E-state index in [0.29, 0.717) is 11.1 Å². The number of pyridine rings is 1. The summed E-state index contributed by atoms with van der Waals surface area (Å²) in [5, 5.41) is 4.10. The number of aromatic nitrogens is 2. The molecule has 3 nitrogen and oxygen atoms in total. The lowest BCUT2D eigenvalue weighted by atomic mass is 9.92. The first kappa shape index (κ1) is 10.1. The van der Waals surface area contributed by atoms with Gasteiger partial charge in [-0.2, -0.15) is 0 Å². The van der Waals surface area contributed by atoms with Gasteiger partial charge >= 0.3 is 0 Å². The molecule has 0 aromatic carbocycles. The summed E-state index contributed by atoms with van der Waals surface area (Å²) in [7, 11) is 0. The molecule has 16 heavy (non-hydrogen) atoms. The molecule has 3 rings (SSSR count). The molecule has 2 aromatic rings. The maximum Gasteiger partial charge on any atom is 0.138 e. The van der Waals surface area contributed by atoms with Crippen molar-refractivity contribution < 1.29 is 0 Å². The van der Waals surface area contributed by atoms with E-state index in [2.05, 4.69) is 22.4 Å². The van der Waals surface area contributed by atoms with E-state index in [1.165, 1.54) is 18.4 Å². The minimum absolute atomic E-state index is 0.620. The Bertz CT molecular complexity index is 500. The lowest BCUT2D eigenvalue weighted by Gasteiger charge is -2.23. The Kier molecular flexibility index (Phi) is 2.58. The van der Waals surface area contributed by atoms with Crippen LogP contribution in [-0.4, -0.2) is 22.5 Å². The topological polar surface area (TPSA) is 29.3 Å². The van der Waals surface area contributed by atoms with Crippen molar-refractivity contribution in [2.45, 2.75) is 18.8 Å². The van der Waals surface area contributed by atoms with Gasteiger partial charge in [-0.05, 0) is 43.0 Å². The van der Waals surface area contributed by atoms with Gasteiger partial charge in [0, 0.05) is 12.7 Å². The Balaban J connectivity index is 1.97. The average molecular weight is 236 g/mol. The van der Waals surface area contributed by atoms with Crippen molar-refractivity contribution in [1.82, 2.24) is 14.7 Å². The van der Waals surface area contributed by atoms with E-state index >= 15 is 0 Å². The predicted molar refractivity (Wildman–Crippen MR) is 65.0 cm³/mol. The van der Waals surface area contributed by atoms with Gasteiger partial charge in [0.05, 0.1) is 6.20 Å². The van der Waals surface area contributed by atoms with Crippen LogP contribution in [0.1, 0.15) is 24.3 Å². The molecule has 4 heteroatoms. The zero-order chi connectivity index (χ0) is 11.0. The fraction of sp³-hybridized carbons (Fsp3) is 0.417. The number of hydrogen-bond donors (Lipinski definition) is 1. The van der Waals surface area contributed by atoms with E-state index in [1.807, 2.05) is 10.6 Å². The number of fused-ring (bicyclic) bond motifs is 1. The average Bonchev–Trinajstić information content (AvgIpc) is 2.72. The van der Waals surface area contributed by atoms with Crippen molar-refractivity contribution in [3.05, 3.63) is 35.2 Å². The lowest BCUT2D eigenvalue weighted by Crippen LogP contribution is -2.28. The molecule has 0 bridgehead atoms. The Labute approximate surface area is 99.4 Å². The molecule has 3 heterocycles. The maximum absolute atomic E-state index is 6.00. The van der Waals surface area contributed by atoms with Gasteiger partial charge in [0.25, 0.3) is 0 Å². The Morgan fingerprint density at radius 3 is 3.25 bits per heavy atom. The molecule has 0 radical (unpaired) electrons. The number of hydrogen-bond acceptors (Lipinski definition) is 2. The summed E-state index contributed by atoms with van der Waals surface area (Å²) >= 11 is 6.00. The molecule has 0 aliphatic carbocycles. The smallest absolute Gasteiger partial charge is 0.138 e. The molecule has 84 valence electrons. The van der Waals surface area contributed by atoms with Crippen molar-refractivity contribution >= 4 is 17.2 Å². The molecule has 0 amide bonds. The molecule has 0 saturated carbocycles. The predicted octanol–water partition coefficient (Wildman–Crippen LogP) is 2.45. The van der Waals surface area contributed by atoms with E-state index in [0.717, 1.165) is 18.7 Å². The SMILES string of the molecule is Clc1cnc2cc(C3CCCNC3)ccn12. The van der Waals surface area contributed by atoms with Crippen LogP contribution >= 0.6 is 11.6 Å². The zero-order valence-corrected chi connectivity index (χ0v) is 9.74. The third-order valence-corrected chi connectivity index (χ3v) is 3.54. The normalized spacial score (nSPS) is 21.4. The molecule has 1 fully saturated rings. The third-order valence-electron chi connectivity index (χ3n) is 3.26. The monoisotopic (exact) mass is 235 g/mol. The second-order valence-electron chi connectivity index (χ2n) is 4.31. The highest BCUT2D eigenvalue weighted by Crippen LogP contribution is 2.24. The minimum Gasteiger partial charge on any atom is -0.316 e. The number of nitrogens with one attached hydrogen (secondary N) is 1. The van der Waals surface area contributed by atoms with Gasteiger partial charge in [0.15, 0.2) is 0 Å². The van der Waals surface area contributed by atoms with Crippen LogP contribution in [-0.2, 0) is 0 Å². The maximum atomic E-state index is 6.00. The van der Waals surface area contributed by atoms with Crippen molar-refractivity contribution in [2.24, 2.45) is 0 Å². The molecular formula is C12H14ClN3. The van der Waals surface area contributed by atoms with E-state index in [-0.39, 0.29) is 0 Å². The molecule has 0 spiro atoms. The van der Waals surface area contributed by atoms with Gasteiger partial charge in [0.1, 0.15) is 10.8 Å². The van der Waals surface area contributed by atoms with Crippen molar-refractivity contribution in [3.8, 4) is 0 Å². The van der Waals surface area contributed by atoms with Crippen molar-refractivity contribution in [1.29, 1.82) is 0 Å². The summed E-state index contributed by atoms with van der Waals surface area (Å²) in [6.45, 7) is 2.22. The van der Waals surface area contributed by atoms with Crippen molar-refractivity contribution in [2.75, 3.05) is 13.1 Å². The molecule has 1 unspecified atom stereocenters. The summed E-state index contributed by atoms with van der Waals surface area (Å²) in [5.74, 6) is 0.620. The third kappa shape index (κ3) is 1.70. The summed E-state index contributed by atoms with van der Waals surface area (Å²) in [6, 6.07) is 4.29. The van der Waals surface area contributed by atoms with Crippen LogP contribution in [0.25, 0.3) is 5.65 Å². The summed E-state index contributed by atoms with van der Waals surface area (Å²) in [5.41, 5.74) is 2.30. The highest BCUT2D eigenvalue weighted by molar-refractivity contribution is 6.29. The van der Waals surface area contributed by atoms with Gasteiger partial charge in [-0.3, -0.25) is 4.40 Å². The molecule has 1 saturated heterocycles. The van der Waals surface area contributed by atoms with Crippen molar-refractivity contribution in [3.63, 3.8) is 0 Å². The number of piperidine rings is 1. The highest BCUT2D eigenvalue weighted by atomic mass is 35.5. The largest absolute Gasteiger partial charge is 0.316 e. The van der Waals surface area contributed by atoms with Gasteiger partial charge in [-0.1, -0.05) is 11.6 Å². The summed E-state index contributed by atoms with van der Waals surface area (Å²) < 4.78 is 1.90. The number of halogens is 1. The van der Waals surface area contributed by atoms with E-state index in [9.17, 15) is 0 Å². The lowest BCUT2D eigenvalue weighted by molar-refractivity contribution is 0.461. The van der Waals surface area contributed by atoms with Crippen LogP contribution in [0.15, 0.2) is 24.5 Å². The van der Waals surface area contributed by atoms with Gasteiger partial charge in [-0.25, -0.2) is 4.98 Å². The molecular weight excluding hydrogens is 222 g/mol.